The van der Waals surface area contributed by atoms with Crippen LogP contribution in [0.2, 0.25) is 0 Å². The molecule has 0 saturated heterocycles. The second-order valence-electron chi connectivity index (χ2n) is 3.25. The predicted octanol–water partition coefficient (Wildman–Crippen LogP) is 0.497. The first kappa shape index (κ1) is 8.33. The second-order valence-corrected chi connectivity index (χ2v) is 3.25. The van der Waals surface area contributed by atoms with Crippen molar-refractivity contribution in [1.29, 1.82) is 0 Å². The molecule has 2 rings (SSSR count). The highest BCUT2D eigenvalue weighted by Gasteiger charge is 2.20. The van der Waals surface area contributed by atoms with Crippen molar-refractivity contribution >= 4 is 0 Å². The van der Waals surface area contributed by atoms with E-state index in [0.717, 1.165) is 30.7 Å². The zero-order valence-electron chi connectivity index (χ0n) is 7.45. The summed E-state index contributed by atoms with van der Waals surface area (Å²) in [7, 11) is 0. The number of aryl methyl sites for hydroxylation is 1. The molecule has 3 heteroatoms. The van der Waals surface area contributed by atoms with Gasteiger partial charge in [-0.3, -0.25) is 4.68 Å². The van der Waals surface area contributed by atoms with Crippen LogP contribution < -0.4 is 0 Å². The van der Waals surface area contributed by atoms with Crippen molar-refractivity contribution < 1.29 is 5.11 Å². The standard InChI is InChI=1S/C10H12N2O/c1-2-6-12-10(7-13)8-4-3-5-9(8)11-12/h1,13H,3-7H2. The summed E-state index contributed by atoms with van der Waals surface area (Å²) in [5, 5.41) is 13.5. The number of nitrogens with zero attached hydrogens (tertiary/aromatic N) is 2. The van der Waals surface area contributed by atoms with Crippen LogP contribution in [0.5, 0.6) is 0 Å². The Labute approximate surface area is 77.4 Å². The largest absolute Gasteiger partial charge is 0.390 e. The average molecular weight is 176 g/mol. The molecule has 0 atom stereocenters. The lowest BCUT2D eigenvalue weighted by molar-refractivity contribution is 0.268. The third-order valence-electron chi connectivity index (χ3n) is 2.48. The van der Waals surface area contributed by atoms with Gasteiger partial charge in [-0.25, -0.2) is 0 Å². The van der Waals surface area contributed by atoms with E-state index in [1.165, 1.54) is 5.56 Å². The van der Waals surface area contributed by atoms with Crippen LogP contribution in [0.25, 0.3) is 0 Å². The van der Waals surface area contributed by atoms with Gasteiger partial charge in [0, 0.05) is 0 Å². The SMILES string of the molecule is C#CCn1nc2c(c1CO)CCC2. The number of rotatable bonds is 2. The zero-order chi connectivity index (χ0) is 9.26. The number of aromatic nitrogens is 2. The second kappa shape index (κ2) is 3.23. The minimum absolute atomic E-state index is 0.0456. The maximum Gasteiger partial charge on any atom is 0.102 e. The molecule has 0 amide bonds. The van der Waals surface area contributed by atoms with Gasteiger partial charge in [-0.15, -0.1) is 6.42 Å². The zero-order valence-corrected chi connectivity index (χ0v) is 7.45. The topological polar surface area (TPSA) is 38.0 Å². The maximum atomic E-state index is 9.17. The van der Waals surface area contributed by atoms with E-state index in [0.29, 0.717) is 6.54 Å². The molecular formula is C10H12N2O. The van der Waals surface area contributed by atoms with Gasteiger partial charge in [0.05, 0.1) is 18.0 Å². The maximum absolute atomic E-state index is 9.17. The molecule has 0 saturated carbocycles. The summed E-state index contributed by atoms with van der Waals surface area (Å²) < 4.78 is 1.74. The fraction of sp³-hybridized carbons (Fsp3) is 0.500. The van der Waals surface area contributed by atoms with Crippen LogP contribution in [0.3, 0.4) is 0 Å². The first-order chi connectivity index (χ1) is 6.36. The quantitative estimate of drug-likeness (QED) is 0.666. The Morgan fingerprint density at radius 2 is 2.38 bits per heavy atom. The highest BCUT2D eigenvalue weighted by Crippen LogP contribution is 2.24. The van der Waals surface area contributed by atoms with Gasteiger partial charge in [-0.1, -0.05) is 5.92 Å². The van der Waals surface area contributed by atoms with E-state index in [1.54, 1.807) is 4.68 Å². The molecule has 1 aliphatic carbocycles. The lowest BCUT2D eigenvalue weighted by Crippen LogP contribution is -2.05. The molecule has 3 nitrogen and oxygen atoms in total. The van der Waals surface area contributed by atoms with E-state index in [1.807, 2.05) is 0 Å². The summed E-state index contributed by atoms with van der Waals surface area (Å²) in [5.41, 5.74) is 3.25. The van der Waals surface area contributed by atoms with E-state index in [-0.39, 0.29) is 6.61 Å². The van der Waals surface area contributed by atoms with Crippen LogP contribution in [-0.4, -0.2) is 14.9 Å². The Morgan fingerprint density at radius 1 is 1.54 bits per heavy atom. The number of aliphatic hydroxyl groups excluding tert-OH is 1. The molecule has 1 aromatic rings. The van der Waals surface area contributed by atoms with Gasteiger partial charge in [-0.2, -0.15) is 5.10 Å². The molecule has 0 aliphatic heterocycles. The van der Waals surface area contributed by atoms with Gasteiger partial charge in [-0.05, 0) is 24.8 Å². The summed E-state index contributed by atoms with van der Waals surface area (Å²) in [5.74, 6) is 2.54. The van der Waals surface area contributed by atoms with Crippen molar-refractivity contribution in [2.75, 3.05) is 0 Å². The van der Waals surface area contributed by atoms with Crippen molar-refractivity contribution in [3.8, 4) is 12.3 Å². The number of hydrogen-bond acceptors (Lipinski definition) is 2. The van der Waals surface area contributed by atoms with Crippen LogP contribution in [0.1, 0.15) is 23.4 Å². The molecule has 0 radical (unpaired) electrons. The van der Waals surface area contributed by atoms with E-state index in [9.17, 15) is 0 Å². The summed E-state index contributed by atoms with van der Waals surface area (Å²) >= 11 is 0. The van der Waals surface area contributed by atoms with Crippen LogP contribution in [0.15, 0.2) is 0 Å². The molecule has 1 aromatic heterocycles. The Balaban J connectivity index is 2.42. The molecule has 1 heterocycles. The Kier molecular flexibility index (Phi) is 2.07. The predicted molar refractivity (Wildman–Crippen MR) is 49.0 cm³/mol. The Bertz CT molecular complexity index is 360. The summed E-state index contributed by atoms with van der Waals surface area (Å²) in [6, 6.07) is 0. The third-order valence-corrected chi connectivity index (χ3v) is 2.48. The minimum Gasteiger partial charge on any atom is -0.390 e. The molecule has 0 bridgehead atoms. The molecule has 0 spiro atoms. The third kappa shape index (κ3) is 1.24. The highest BCUT2D eigenvalue weighted by atomic mass is 16.3. The number of hydrogen-bond donors (Lipinski definition) is 1. The molecule has 0 unspecified atom stereocenters. The summed E-state index contributed by atoms with van der Waals surface area (Å²) in [4.78, 5) is 0. The van der Waals surface area contributed by atoms with Gasteiger partial charge < -0.3 is 5.11 Å². The van der Waals surface area contributed by atoms with Crippen molar-refractivity contribution in [2.45, 2.75) is 32.4 Å². The molecular weight excluding hydrogens is 164 g/mol. The van der Waals surface area contributed by atoms with Crippen molar-refractivity contribution in [1.82, 2.24) is 9.78 Å². The van der Waals surface area contributed by atoms with Gasteiger partial charge >= 0.3 is 0 Å². The van der Waals surface area contributed by atoms with Crippen LogP contribution >= 0.6 is 0 Å². The van der Waals surface area contributed by atoms with Crippen LogP contribution in [0.4, 0.5) is 0 Å². The monoisotopic (exact) mass is 176 g/mol. The Morgan fingerprint density at radius 3 is 3.08 bits per heavy atom. The summed E-state index contributed by atoms with van der Waals surface area (Å²) in [6.07, 6.45) is 8.43. The van der Waals surface area contributed by atoms with Crippen molar-refractivity contribution in [2.24, 2.45) is 0 Å². The van der Waals surface area contributed by atoms with E-state index >= 15 is 0 Å². The smallest absolute Gasteiger partial charge is 0.102 e. The molecule has 68 valence electrons. The lowest BCUT2D eigenvalue weighted by Gasteiger charge is -2.02. The van der Waals surface area contributed by atoms with Gasteiger partial charge in [0.15, 0.2) is 0 Å². The van der Waals surface area contributed by atoms with E-state index in [2.05, 4.69) is 11.0 Å². The minimum atomic E-state index is 0.0456. The van der Waals surface area contributed by atoms with Gasteiger partial charge in [0.25, 0.3) is 0 Å². The molecule has 1 aliphatic rings. The number of terminal acetylenes is 1. The fourth-order valence-electron chi connectivity index (χ4n) is 1.91. The van der Waals surface area contributed by atoms with Crippen molar-refractivity contribution in [3.05, 3.63) is 17.0 Å². The normalized spacial score (nSPS) is 14.2. The Hall–Kier alpha value is -1.27. The molecule has 13 heavy (non-hydrogen) atoms. The molecule has 1 N–H and O–H groups in total. The number of aliphatic hydroxyl groups is 1. The fourth-order valence-corrected chi connectivity index (χ4v) is 1.91. The van der Waals surface area contributed by atoms with Crippen LogP contribution in [0, 0.1) is 12.3 Å². The molecule has 0 fully saturated rings. The number of fused-ring (bicyclic) bond motifs is 1. The van der Waals surface area contributed by atoms with E-state index < -0.39 is 0 Å². The average Bonchev–Trinajstić information content (AvgIpc) is 2.64. The first-order valence-corrected chi connectivity index (χ1v) is 4.48. The van der Waals surface area contributed by atoms with Gasteiger partial charge in [0.2, 0.25) is 0 Å². The van der Waals surface area contributed by atoms with Crippen molar-refractivity contribution in [3.63, 3.8) is 0 Å². The summed E-state index contributed by atoms with van der Waals surface area (Å²) in [6.45, 7) is 0.507. The van der Waals surface area contributed by atoms with Crippen LogP contribution in [-0.2, 0) is 26.0 Å². The first-order valence-electron chi connectivity index (χ1n) is 4.48. The highest BCUT2D eigenvalue weighted by molar-refractivity contribution is 5.30. The van der Waals surface area contributed by atoms with E-state index in [4.69, 9.17) is 11.5 Å². The van der Waals surface area contributed by atoms with Gasteiger partial charge in [0.1, 0.15) is 6.54 Å². The molecule has 0 aromatic carbocycles. The lowest BCUT2D eigenvalue weighted by atomic mass is 10.2.